The van der Waals surface area contributed by atoms with Crippen molar-refractivity contribution in [3.8, 4) is 0 Å². The summed E-state index contributed by atoms with van der Waals surface area (Å²) in [6.07, 6.45) is 9.74. The van der Waals surface area contributed by atoms with Crippen LogP contribution < -0.4 is 5.32 Å². The molecule has 0 saturated heterocycles. The maximum atomic E-state index is 5.39. The fourth-order valence-electron chi connectivity index (χ4n) is 1.73. The Morgan fingerprint density at radius 1 is 1.47 bits per heavy atom. The van der Waals surface area contributed by atoms with Crippen molar-refractivity contribution in [2.45, 2.75) is 38.1 Å². The Labute approximate surface area is 92.4 Å². The van der Waals surface area contributed by atoms with Crippen LogP contribution in [0.15, 0.2) is 35.5 Å². The number of hydrogen-bond donors (Lipinski definition) is 1. The highest BCUT2D eigenvalue weighted by molar-refractivity contribution is 5.03. The van der Waals surface area contributed by atoms with Gasteiger partial charge in [-0.05, 0) is 38.4 Å². The van der Waals surface area contributed by atoms with E-state index < -0.39 is 0 Å². The third-order valence-electron chi connectivity index (χ3n) is 2.64. The van der Waals surface area contributed by atoms with Gasteiger partial charge in [-0.25, -0.2) is 0 Å². The molecule has 84 valence electrons. The lowest BCUT2D eigenvalue weighted by Gasteiger charge is -2.12. The summed E-state index contributed by atoms with van der Waals surface area (Å²) in [6.45, 7) is 3.72. The Balaban J connectivity index is 2.20. The van der Waals surface area contributed by atoms with Crippen LogP contribution in [0.25, 0.3) is 0 Å². The molecule has 2 nitrogen and oxygen atoms in total. The molecule has 2 heteroatoms. The van der Waals surface area contributed by atoms with Gasteiger partial charge in [-0.3, -0.25) is 0 Å². The third-order valence-corrected chi connectivity index (χ3v) is 2.64. The van der Waals surface area contributed by atoms with Crippen molar-refractivity contribution in [1.29, 1.82) is 0 Å². The number of rotatable bonds is 8. The van der Waals surface area contributed by atoms with Crippen LogP contribution >= 0.6 is 0 Å². The van der Waals surface area contributed by atoms with E-state index >= 15 is 0 Å². The summed E-state index contributed by atoms with van der Waals surface area (Å²) < 4.78 is 5.39. The van der Waals surface area contributed by atoms with Gasteiger partial charge in [0.1, 0.15) is 5.76 Å². The quantitative estimate of drug-likeness (QED) is 0.519. The van der Waals surface area contributed by atoms with E-state index in [-0.39, 0.29) is 0 Å². The van der Waals surface area contributed by atoms with Gasteiger partial charge < -0.3 is 9.73 Å². The molecule has 0 aromatic carbocycles. The molecule has 0 aliphatic heterocycles. The lowest BCUT2D eigenvalue weighted by atomic mass is 10.1. The monoisotopic (exact) mass is 207 g/mol. The van der Waals surface area contributed by atoms with Crippen LogP contribution in [0.3, 0.4) is 0 Å². The molecule has 1 aromatic heterocycles. The van der Waals surface area contributed by atoms with Crippen LogP contribution in [0.1, 0.15) is 43.9 Å². The number of furan rings is 1. The lowest BCUT2D eigenvalue weighted by Crippen LogP contribution is -2.15. The molecule has 0 fully saturated rings. The van der Waals surface area contributed by atoms with Crippen molar-refractivity contribution in [3.05, 3.63) is 36.8 Å². The Morgan fingerprint density at radius 3 is 2.93 bits per heavy atom. The molecule has 0 saturated carbocycles. The van der Waals surface area contributed by atoms with Gasteiger partial charge in [-0.15, -0.1) is 6.58 Å². The summed E-state index contributed by atoms with van der Waals surface area (Å²) in [6, 6.07) is 4.34. The minimum absolute atomic E-state index is 0.365. The normalized spacial score (nSPS) is 12.6. The molecule has 1 atom stereocenters. The molecule has 0 aliphatic carbocycles. The predicted octanol–water partition coefficient (Wildman–Crippen LogP) is 3.68. The Morgan fingerprint density at radius 2 is 2.33 bits per heavy atom. The van der Waals surface area contributed by atoms with Crippen molar-refractivity contribution < 1.29 is 4.42 Å². The van der Waals surface area contributed by atoms with Crippen molar-refractivity contribution in [1.82, 2.24) is 5.32 Å². The first-order chi connectivity index (χ1) is 7.38. The summed E-state index contributed by atoms with van der Waals surface area (Å²) in [4.78, 5) is 0. The van der Waals surface area contributed by atoms with Crippen molar-refractivity contribution in [2.75, 3.05) is 7.05 Å². The van der Waals surface area contributed by atoms with Crippen LogP contribution in [0.4, 0.5) is 0 Å². The summed E-state index contributed by atoms with van der Waals surface area (Å²) >= 11 is 0. The molecule has 0 radical (unpaired) electrons. The fraction of sp³-hybridized carbons (Fsp3) is 0.538. The van der Waals surface area contributed by atoms with E-state index in [0.717, 1.165) is 18.6 Å². The standard InChI is InChI=1S/C13H21NO/c1-3-4-5-6-7-9-12(14-2)13-10-8-11-15-13/h3,8,10-12,14H,1,4-7,9H2,2H3. The fourth-order valence-corrected chi connectivity index (χ4v) is 1.73. The van der Waals surface area contributed by atoms with E-state index in [1.807, 2.05) is 25.3 Å². The predicted molar refractivity (Wildman–Crippen MR) is 63.8 cm³/mol. The van der Waals surface area contributed by atoms with Gasteiger partial charge in [0.05, 0.1) is 12.3 Å². The first-order valence-electron chi connectivity index (χ1n) is 5.70. The molecule has 1 aromatic rings. The SMILES string of the molecule is C=CCCCCCC(NC)c1ccco1. The molecule has 0 spiro atoms. The van der Waals surface area contributed by atoms with E-state index in [9.17, 15) is 0 Å². The Bertz CT molecular complexity index is 254. The summed E-state index contributed by atoms with van der Waals surface area (Å²) in [5.41, 5.74) is 0. The average molecular weight is 207 g/mol. The maximum absolute atomic E-state index is 5.39. The average Bonchev–Trinajstić information content (AvgIpc) is 2.77. The van der Waals surface area contributed by atoms with Gasteiger partial charge in [0.2, 0.25) is 0 Å². The highest BCUT2D eigenvalue weighted by Gasteiger charge is 2.10. The molecule has 0 bridgehead atoms. The number of hydrogen-bond acceptors (Lipinski definition) is 2. The van der Waals surface area contributed by atoms with E-state index in [1.165, 1.54) is 19.3 Å². The van der Waals surface area contributed by atoms with Crippen molar-refractivity contribution >= 4 is 0 Å². The van der Waals surface area contributed by atoms with Crippen molar-refractivity contribution in [3.63, 3.8) is 0 Å². The molecule has 1 unspecified atom stereocenters. The first kappa shape index (κ1) is 12.1. The third kappa shape index (κ3) is 4.34. The van der Waals surface area contributed by atoms with Crippen molar-refractivity contribution in [2.24, 2.45) is 0 Å². The zero-order chi connectivity index (χ0) is 10.9. The van der Waals surface area contributed by atoms with Crippen LogP contribution in [0.5, 0.6) is 0 Å². The van der Waals surface area contributed by atoms with Gasteiger partial charge in [0, 0.05) is 0 Å². The van der Waals surface area contributed by atoms with Crippen LogP contribution in [0.2, 0.25) is 0 Å². The molecule has 0 amide bonds. The molecule has 0 aliphatic rings. The highest BCUT2D eigenvalue weighted by atomic mass is 16.3. The Hall–Kier alpha value is -1.02. The minimum Gasteiger partial charge on any atom is -0.468 e. The summed E-state index contributed by atoms with van der Waals surface area (Å²) in [5, 5.41) is 3.28. The molecule has 1 rings (SSSR count). The van der Waals surface area contributed by atoms with E-state index in [2.05, 4.69) is 11.9 Å². The topological polar surface area (TPSA) is 25.2 Å². The van der Waals surface area contributed by atoms with Gasteiger partial charge in [-0.1, -0.05) is 18.9 Å². The molecule has 1 heterocycles. The molecular weight excluding hydrogens is 186 g/mol. The minimum atomic E-state index is 0.365. The number of unbranched alkanes of at least 4 members (excludes halogenated alkanes) is 3. The second kappa shape index (κ2) is 7.30. The Kier molecular flexibility index (Phi) is 5.86. The van der Waals surface area contributed by atoms with Crippen LogP contribution in [-0.2, 0) is 0 Å². The summed E-state index contributed by atoms with van der Waals surface area (Å²) in [5.74, 6) is 1.04. The second-order valence-corrected chi connectivity index (χ2v) is 3.78. The lowest BCUT2D eigenvalue weighted by molar-refractivity contribution is 0.403. The van der Waals surface area contributed by atoms with Crippen LogP contribution in [-0.4, -0.2) is 7.05 Å². The molecule has 1 N–H and O–H groups in total. The summed E-state index contributed by atoms with van der Waals surface area (Å²) in [7, 11) is 1.98. The highest BCUT2D eigenvalue weighted by Crippen LogP contribution is 2.19. The van der Waals surface area contributed by atoms with Crippen LogP contribution in [0, 0.1) is 0 Å². The zero-order valence-electron chi connectivity index (χ0n) is 9.54. The smallest absolute Gasteiger partial charge is 0.120 e. The zero-order valence-corrected chi connectivity index (χ0v) is 9.54. The van der Waals surface area contributed by atoms with E-state index in [4.69, 9.17) is 4.42 Å². The van der Waals surface area contributed by atoms with E-state index in [1.54, 1.807) is 6.26 Å². The van der Waals surface area contributed by atoms with Gasteiger partial charge in [-0.2, -0.15) is 0 Å². The van der Waals surface area contributed by atoms with Gasteiger partial charge in [0.15, 0.2) is 0 Å². The number of allylic oxidation sites excluding steroid dienone is 1. The second-order valence-electron chi connectivity index (χ2n) is 3.78. The van der Waals surface area contributed by atoms with E-state index in [0.29, 0.717) is 6.04 Å². The molecule has 15 heavy (non-hydrogen) atoms. The molecular formula is C13H21NO. The van der Waals surface area contributed by atoms with Gasteiger partial charge in [0.25, 0.3) is 0 Å². The maximum Gasteiger partial charge on any atom is 0.120 e. The number of nitrogens with one attached hydrogen (secondary N) is 1. The van der Waals surface area contributed by atoms with Gasteiger partial charge >= 0.3 is 0 Å². The first-order valence-corrected chi connectivity index (χ1v) is 5.70. The largest absolute Gasteiger partial charge is 0.468 e.